The van der Waals surface area contributed by atoms with Crippen LogP contribution in [0.15, 0.2) is 48.7 Å². The molecule has 2 aliphatic rings. The largest absolute Gasteiger partial charge is 0.472 e. The summed E-state index contributed by atoms with van der Waals surface area (Å²) in [5, 5.41) is 0. The molecule has 4 rings (SSSR count). The van der Waals surface area contributed by atoms with E-state index in [-0.39, 0.29) is 30.4 Å². The van der Waals surface area contributed by atoms with Gasteiger partial charge in [0, 0.05) is 44.0 Å². The van der Waals surface area contributed by atoms with Crippen molar-refractivity contribution in [3.63, 3.8) is 0 Å². The second-order valence-electron chi connectivity index (χ2n) is 6.87. The molecule has 0 unspecified atom stereocenters. The number of halogens is 1. The highest BCUT2D eigenvalue weighted by Gasteiger charge is 2.34. The number of carbonyl (C=O) groups is 2. The molecule has 28 heavy (non-hydrogen) atoms. The van der Waals surface area contributed by atoms with Crippen molar-refractivity contribution < 1.29 is 18.7 Å². The number of urea groups is 1. The molecule has 0 spiro atoms. The van der Waals surface area contributed by atoms with Crippen LogP contribution in [-0.2, 0) is 4.79 Å². The van der Waals surface area contributed by atoms with Crippen molar-refractivity contribution in [2.24, 2.45) is 0 Å². The van der Waals surface area contributed by atoms with E-state index in [9.17, 15) is 14.0 Å². The van der Waals surface area contributed by atoms with Crippen molar-refractivity contribution in [1.29, 1.82) is 0 Å². The highest BCUT2D eigenvalue weighted by Crippen LogP contribution is 2.21. The van der Waals surface area contributed by atoms with Gasteiger partial charge in [0.1, 0.15) is 18.5 Å². The fourth-order valence-corrected chi connectivity index (χ4v) is 3.49. The Morgan fingerprint density at radius 1 is 1.14 bits per heavy atom. The number of amides is 3. The third-order valence-corrected chi connectivity index (χ3v) is 4.98. The third-order valence-electron chi connectivity index (χ3n) is 4.98. The first kappa shape index (κ1) is 18.2. The lowest BCUT2D eigenvalue weighted by atomic mass is 10.3. The van der Waals surface area contributed by atoms with Gasteiger partial charge in [0.2, 0.25) is 11.8 Å². The van der Waals surface area contributed by atoms with E-state index in [1.807, 2.05) is 12.1 Å². The number of ether oxygens (including phenoxy) is 1. The molecule has 7 nitrogen and oxygen atoms in total. The molecule has 2 aromatic rings. The minimum absolute atomic E-state index is 0.0346. The van der Waals surface area contributed by atoms with Gasteiger partial charge >= 0.3 is 6.03 Å². The summed E-state index contributed by atoms with van der Waals surface area (Å²) < 4.78 is 18.9. The van der Waals surface area contributed by atoms with Crippen LogP contribution >= 0.6 is 0 Å². The van der Waals surface area contributed by atoms with Gasteiger partial charge in [-0.3, -0.25) is 9.69 Å². The van der Waals surface area contributed by atoms with Crippen LogP contribution in [0.5, 0.6) is 5.88 Å². The molecular weight excluding hydrogens is 363 g/mol. The number of likely N-dealkylation sites (tertiary alicyclic amines) is 1. The summed E-state index contributed by atoms with van der Waals surface area (Å²) in [6.07, 6.45) is 2.31. The number of carbonyl (C=O) groups excluding carboxylic acids is 2. The molecule has 0 aliphatic carbocycles. The molecule has 0 N–H and O–H groups in total. The predicted molar refractivity (Wildman–Crippen MR) is 101 cm³/mol. The molecule has 0 radical (unpaired) electrons. The minimum Gasteiger partial charge on any atom is -0.472 e. The Bertz CT molecular complexity index is 846. The summed E-state index contributed by atoms with van der Waals surface area (Å²) in [7, 11) is 0. The van der Waals surface area contributed by atoms with Gasteiger partial charge in [0.25, 0.3) is 0 Å². The second-order valence-corrected chi connectivity index (χ2v) is 6.87. The van der Waals surface area contributed by atoms with E-state index in [1.165, 1.54) is 17.0 Å². The molecule has 1 atom stereocenters. The number of nitrogens with zero attached hydrogens (tertiary/aromatic N) is 4. The van der Waals surface area contributed by atoms with Gasteiger partial charge in [-0.15, -0.1) is 0 Å². The summed E-state index contributed by atoms with van der Waals surface area (Å²) in [6.45, 7) is 2.05. The van der Waals surface area contributed by atoms with Crippen LogP contribution in [-0.4, -0.2) is 65.5 Å². The first-order chi connectivity index (χ1) is 13.6. The molecule has 0 saturated carbocycles. The van der Waals surface area contributed by atoms with Crippen molar-refractivity contribution in [3.05, 3.63) is 54.5 Å². The fourth-order valence-electron chi connectivity index (χ4n) is 3.49. The monoisotopic (exact) mass is 384 g/mol. The topological polar surface area (TPSA) is 66.0 Å². The zero-order chi connectivity index (χ0) is 19.5. The Morgan fingerprint density at radius 3 is 2.71 bits per heavy atom. The fraction of sp³-hybridized carbons (Fsp3) is 0.350. The highest BCUT2D eigenvalue weighted by molar-refractivity contribution is 5.96. The molecule has 0 bridgehead atoms. The van der Waals surface area contributed by atoms with Crippen molar-refractivity contribution >= 4 is 17.6 Å². The molecule has 146 valence electrons. The normalized spacial score (nSPS) is 19.4. The number of benzene rings is 1. The average molecular weight is 384 g/mol. The van der Waals surface area contributed by atoms with Crippen molar-refractivity contribution in [3.8, 4) is 5.88 Å². The highest BCUT2D eigenvalue weighted by atomic mass is 19.1. The molecule has 2 saturated heterocycles. The number of hydrogen-bond acceptors (Lipinski definition) is 4. The van der Waals surface area contributed by atoms with Gasteiger partial charge in [-0.05, 0) is 30.3 Å². The maximum absolute atomic E-state index is 13.1. The first-order valence-corrected chi connectivity index (χ1v) is 9.27. The van der Waals surface area contributed by atoms with Gasteiger partial charge in [-0.25, -0.2) is 14.2 Å². The van der Waals surface area contributed by atoms with Gasteiger partial charge in [0.15, 0.2) is 0 Å². The molecule has 3 heterocycles. The summed E-state index contributed by atoms with van der Waals surface area (Å²) in [5.74, 6) is 0.104. The molecule has 2 fully saturated rings. The second kappa shape index (κ2) is 7.84. The lowest BCUT2D eigenvalue weighted by Crippen LogP contribution is -2.42. The van der Waals surface area contributed by atoms with Crippen LogP contribution in [0, 0.1) is 5.82 Å². The quantitative estimate of drug-likeness (QED) is 0.792. The standard InChI is InChI=1S/C20H21FN4O3/c21-15-4-6-16(7-5-15)25-12-11-24(20(25)27)14-19(26)23-10-8-17(13-23)28-18-3-1-2-9-22-18/h1-7,9,17H,8,10-14H2/t17-/m0/s1. The maximum atomic E-state index is 13.1. The molecule has 2 aliphatic heterocycles. The zero-order valence-electron chi connectivity index (χ0n) is 15.3. The van der Waals surface area contributed by atoms with Gasteiger partial charge < -0.3 is 14.5 Å². The van der Waals surface area contributed by atoms with E-state index in [0.29, 0.717) is 37.7 Å². The zero-order valence-corrected chi connectivity index (χ0v) is 15.3. The molecule has 1 aromatic carbocycles. The Kier molecular flexibility index (Phi) is 5.10. The average Bonchev–Trinajstić information content (AvgIpc) is 3.31. The lowest BCUT2D eigenvalue weighted by molar-refractivity contribution is -0.130. The van der Waals surface area contributed by atoms with Gasteiger partial charge in [-0.1, -0.05) is 6.07 Å². The Morgan fingerprint density at radius 2 is 1.96 bits per heavy atom. The Labute approximate surface area is 162 Å². The van der Waals surface area contributed by atoms with Crippen LogP contribution in [0.25, 0.3) is 0 Å². The predicted octanol–water partition coefficient (Wildman–Crippen LogP) is 2.14. The summed E-state index contributed by atoms with van der Waals surface area (Å²) >= 11 is 0. The number of hydrogen-bond donors (Lipinski definition) is 0. The van der Waals surface area contributed by atoms with Crippen LogP contribution < -0.4 is 9.64 Å². The SMILES string of the molecule is O=C(CN1CCN(c2ccc(F)cc2)C1=O)N1CC[C@H](Oc2ccccn2)C1. The van der Waals surface area contributed by atoms with E-state index in [4.69, 9.17) is 4.74 Å². The van der Waals surface area contributed by atoms with E-state index >= 15 is 0 Å². The van der Waals surface area contributed by atoms with E-state index in [1.54, 1.807) is 34.2 Å². The summed E-state index contributed by atoms with van der Waals surface area (Å²) in [4.78, 5) is 34.2. The number of rotatable bonds is 5. The Balaban J connectivity index is 1.30. The van der Waals surface area contributed by atoms with E-state index in [2.05, 4.69) is 4.98 Å². The maximum Gasteiger partial charge on any atom is 0.325 e. The lowest BCUT2D eigenvalue weighted by Gasteiger charge is -2.22. The summed E-state index contributed by atoms with van der Waals surface area (Å²) in [6, 6.07) is 11.0. The van der Waals surface area contributed by atoms with Crippen LogP contribution in [0.3, 0.4) is 0 Å². The Hall–Kier alpha value is -3.16. The molecule has 3 amide bonds. The van der Waals surface area contributed by atoms with Crippen molar-refractivity contribution in [2.75, 3.05) is 37.6 Å². The van der Waals surface area contributed by atoms with Crippen molar-refractivity contribution in [2.45, 2.75) is 12.5 Å². The third kappa shape index (κ3) is 3.90. The number of pyridine rings is 1. The van der Waals surface area contributed by atoms with E-state index in [0.717, 1.165) is 6.42 Å². The summed E-state index contributed by atoms with van der Waals surface area (Å²) in [5.41, 5.74) is 0.631. The smallest absolute Gasteiger partial charge is 0.325 e. The molecule has 1 aromatic heterocycles. The van der Waals surface area contributed by atoms with Crippen LogP contribution in [0.2, 0.25) is 0 Å². The van der Waals surface area contributed by atoms with Gasteiger partial charge in [0.05, 0.1) is 6.54 Å². The van der Waals surface area contributed by atoms with E-state index < -0.39 is 0 Å². The van der Waals surface area contributed by atoms with Gasteiger partial charge in [-0.2, -0.15) is 0 Å². The molecule has 8 heteroatoms. The van der Waals surface area contributed by atoms with Crippen LogP contribution in [0.4, 0.5) is 14.9 Å². The number of anilines is 1. The molecular formula is C20H21FN4O3. The van der Waals surface area contributed by atoms with Crippen molar-refractivity contribution in [1.82, 2.24) is 14.8 Å². The first-order valence-electron chi connectivity index (χ1n) is 9.27. The minimum atomic E-state index is -0.348. The number of aromatic nitrogens is 1. The van der Waals surface area contributed by atoms with Crippen LogP contribution in [0.1, 0.15) is 6.42 Å².